The van der Waals surface area contributed by atoms with Crippen molar-refractivity contribution < 1.29 is 4.57 Å². The molecule has 0 fully saturated rings. The second-order valence-corrected chi connectivity index (χ2v) is 8.69. The Bertz CT molecular complexity index is 1290. The van der Waals surface area contributed by atoms with Crippen molar-refractivity contribution in [1.82, 2.24) is 4.40 Å². The molecule has 0 atom stereocenters. The highest BCUT2D eigenvalue weighted by molar-refractivity contribution is 5.89. The Labute approximate surface area is 161 Å². The van der Waals surface area contributed by atoms with Gasteiger partial charge in [-0.3, -0.25) is 0 Å². The second kappa shape index (κ2) is 5.01. The minimum Gasteiger partial charge on any atom is -0.217 e. The van der Waals surface area contributed by atoms with Crippen molar-refractivity contribution in [2.24, 2.45) is 0 Å². The summed E-state index contributed by atoms with van der Waals surface area (Å²) in [6, 6.07) is 13.5. The van der Waals surface area contributed by atoms with Gasteiger partial charge in [-0.25, -0.2) is 4.57 Å². The average molecular weight is 356 g/mol. The van der Waals surface area contributed by atoms with E-state index >= 15 is 0 Å². The van der Waals surface area contributed by atoms with Crippen LogP contribution in [0.25, 0.3) is 27.7 Å². The topological polar surface area (TPSA) is 8.29 Å². The fourth-order valence-corrected chi connectivity index (χ4v) is 5.27. The summed E-state index contributed by atoms with van der Waals surface area (Å²) < 4.78 is 5.07. The first kappa shape index (κ1) is 16.6. The van der Waals surface area contributed by atoms with Crippen LogP contribution in [0.4, 0.5) is 0 Å². The van der Waals surface area contributed by atoms with Crippen LogP contribution in [0.15, 0.2) is 36.4 Å². The van der Waals surface area contributed by atoms with Gasteiger partial charge in [0, 0.05) is 18.1 Å². The lowest BCUT2D eigenvalue weighted by Gasteiger charge is -2.19. The molecule has 1 aliphatic heterocycles. The average Bonchev–Trinajstić information content (AvgIpc) is 3.08. The highest BCUT2D eigenvalue weighted by Gasteiger charge is 2.46. The molecule has 0 amide bonds. The molecule has 0 unspecified atom stereocenters. The van der Waals surface area contributed by atoms with Gasteiger partial charge in [0.05, 0.1) is 5.56 Å². The maximum atomic E-state index is 2.56. The summed E-state index contributed by atoms with van der Waals surface area (Å²) in [6.07, 6.45) is 0. The molecule has 4 aromatic rings. The van der Waals surface area contributed by atoms with Crippen molar-refractivity contribution in [3.05, 3.63) is 70.0 Å². The third kappa shape index (κ3) is 1.83. The van der Waals surface area contributed by atoms with Crippen LogP contribution in [0.2, 0.25) is 0 Å². The molecule has 27 heavy (non-hydrogen) atoms. The predicted molar refractivity (Wildman–Crippen MR) is 113 cm³/mol. The van der Waals surface area contributed by atoms with Gasteiger partial charge in [0.25, 0.3) is 5.82 Å². The van der Waals surface area contributed by atoms with Gasteiger partial charge in [-0.1, -0.05) is 24.3 Å². The van der Waals surface area contributed by atoms with Crippen molar-refractivity contribution in [2.75, 3.05) is 0 Å². The summed E-state index contributed by atoms with van der Waals surface area (Å²) in [7, 11) is 0. The SMILES string of the molecule is Cc1c(C)c(C)n2c3[n+](c(C)c2c1C)C(C)(C)c1cc2ccccc2cc1-3. The summed E-state index contributed by atoms with van der Waals surface area (Å²) in [6.45, 7) is 16.0. The Hall–Kier alpha value is -2.61. The first-order chi connectivity index (χ1) is 12.7. The summed E-state index contributed by atoms with van der Waals surface area (Å²) in [5.41, 5.74) is 11.0. The van der Waals surface area contributed by atoms with Crippen LogP contribution >= 0.6 is 0 Å². The second-order valence-electron chi connectivity index (χ2n) is 8.69. The van der Waals surface area contributed by atoms with E-state index in [1.807, 2.05) is 0 Å². The standard InChI is InChI=1S/C25H27N2/c1-14-15(2)17(4)26-23(16(14)3)18(5)27-24(26)21-12-19-10-8-9-11-20(19)13-22(21)25(27,6)7/h8-13H,1-7H3/q+1. The maximum absolute atomic E-state index is 2.56. The Kier molecular flexibility index (Phi) is 3.07. The molecule has 0 N–H and O–H groups in total. The van der Waals surface area contributed by atoms with Crippen molar-refractivity contribution in [3.63, 3.8) is 0 Å². The number of rotatable bonds is 0. The van der Waals surface area contributed by atoms with Crippen LogP contribution in [0.5, 0.6) is 0 Å². The first-order valence-corrected chi connectivity index (χ1v) is 9.82. The van der Waals surface area contributed by atoms with Gasteiger partial charge < -0.3 is 0 Å². The molecule has 2 nitrogen and oxygen atoms in total. The molecule has 5 rings (SSSR count). The van der Waals surface area contributed by atoms with E-state index in [9.17, 15) is 0 Å². The number of benzene rings is 2. The fourth-order valence-electron chi connectivity index (χ4n) is 5.27. The number of aryl methyl sites for hydroxylation is 3. The highest BCUT2D eigenvalue weighted by atomic mass is 15.2. The summed E-state index contributed by atoms with van der Waals surface area (Å²) >= 11 is 0. The van der Waals surface area contributed by atoms with Crippen LogP contribution in [-0.4, -0.2) is 4.40 Å². The molecule has 0 radical (unpaired) electrons. The van der Waals surface area contributed by atoms with E-state index in [1.54, 1.807) is 0 Å². The number of aromatic nitrogens is 2. The number of hydrogen-bond donors (Lipinski definition) is 0. The van der Waals surface area contributed by atoms with E-state index in [1.165, 1.54) is 61.3 Å². The number of nitrogens with zero attached hydrogens (tertiary/aromatic N) is 2. The molecule has 3 heterocycles. The first-order valence-electron chi connectivity index (χ1n) is 9.82. The predicted octanol–water partition coefficient (Wildman–Crippen LogP) is 5.69. The highest BCUT2D eigenvalue weighted by Crippen LogP contribution is 2.43. The van der Waals surface area contributed by atoms with Gasteiger partial charge in [-0.15, -0.1) is 0 Å². The van der Waals surface area contributed by atoms with E-state index in [0.717, 1.165) is 0 Å². The lowest BCUT2D eigenvalue weighted by Crippen LogP contribution is -2.51. The summed E-state index contributed by atoms with van der Waals surface area (Å²) in [4.78, 5) is 0. The van der Waals surface area contributed by atoms with Gasteiger partial charge in [-0.2, -0.15) is 4.40 Å². The number of hydrogen-bond acceptors (Lipinski definition) is 0. The zero-order chi connectivity index (χ0) is 19.2. The van der Waals surface area contributed by atoms with Gasteiger partial charge in [0.1, 0.15) is 16.9 Å². The van der Waals surface area contributed by atoms with E-state index in [-0.39, 0.29) is 5.54 Å². The quantitative estimate of drug-likeness (QED) is 0.358. The van der Waals surface area contributed by atoms with Gasteiger partial charge >= 0.3 is 0 Å². The lowest BCUT2D eigenvalue weighted by molar-refractivity contribution is -0.735. The van der Waals surface area contributed by atoms with E-state index < -0.39 is 0 Å². The molecule has 2 heteroatoms. The normalized spacial score (nSPS) is 14.8. The molecule has 1 aliphatic rings. The third-order valence-corrected chi connectivity index (χ3v) is 7.03. The monoisotopic (exact) mass is 355 g/mol. The van der Waals surface area contributed by atoms with E-state index in [4.69, 9.17) is 0 Å². The molecular formula is C25H27N2+. The van der Waals surface area contributed by atoms with Crippen molar-refractivity contribution in [2.45, 2.75) is 54.0 Å². The smallest absolute Gasteiger partial charge is 0.217 e. The number of imidazole rings is 1. The van der Waals surface area contributed by atoms with Crippen LogP contribution < -0.4 is 4.57 Å². The molecule has 0 spiro atoms. The van der Waals surface area contributed by atoms with Crippen molar-refractivity contribution in [3.8, 4) is 11.4 Å². The molecular weight excluding hydrogens is 328 g/mol. The van der Waals surface area contributed by atoms with Crippen LogP contribution in [0.1, 0.15) is 47.5 Å². The van der Waals surface area contributed by atoms with Crippen LogP contribution in [-0.2, 0) is 5.54 Å². The van der Waals surface area contributed by atoms with Crippen molar-refractivity contribution in [1.29, 1.82) is 0 Å². The fraction of sp³-hybridized carbons (Fsp3) is 0.320. The third-order valence-electron chi connectivity index (χ3n) is 7.03. The number of fused-ring (bicyclic) bond motifs is 6. The molecule has 0 bridgehead atoms. The Balaban J connectivity index is 2.04. The van der Waals surface area contributed by atoms with Gasteiger partial charge in [-0.05, 0) is 75.6 Å². The van der Waals surface area contributed by atoms with E-state index in [0.29, 0.717) is 0 Å². The minimum absolute atomic E-state index is 0.0640. The van der Waals surface area contributed by atoms with Crippen LogP contribution in [0.3, 0.4) is 0 Å². The molecule has 136 valence electrons. The molecule has 0 saturated heterocycles. The summed E-state index contributed by atoms with van der Waals surface area (Å²) in [5.74, 6) is 1.33. The Morgan fingerprint density at radius 1 is 0.815 bits per heavy atom. The molecule has 0 aliphatic carbocycles. The van der Waals surface area contributed by atoms with E-state index in [2.05, 4.69) is 93.8 Å². The maximum Gasteiger partial charge on any atom is 0.295 e. The van der Waals surface area contributed by atoms with Crippen molar-refractivity contribution >= 4 is 16.3 Å². The molecule has 2 aromatic carbocycles. The van der Waals surface area contributed by atoms with Gasteiger partial charge in [0.15, 0.2) is 5.52 Å². The minimum atomic E-state index is -0.0640. The zero-order valence-corrected chi connectivity index (χ0v) is 17.4. The molecule has 2 aromatic heterocycles. The largest absolute Gasteiger partial charge is 0.295 e. The Morgan fingerprint density at radius 3 is 2.11 bits per heavy atom. The Morgan fingerprint density at radius 2 is 1.44 bits per heavy atom. The zero-order valence-electron chi connectivity index (χ0n) is 17.4. The number of pyridine rings is 1. The molecule has 0 saturated carbocycles. The lowest BCUT2D eigenvalue weighted by atomic mass is 9.90. The summed E-state index contributed by atoms with van der Waals surface area (Å²) in [5, 5.41) is 2.63. The van der Waals surface area contributed by atoms with Crippen LogP contribution in [0, 0.1) is 34.6 Å². The van der Waals surface area contributed by atoms with Gasteiger partial charge in [0.2, 0.25) is 0 Å².